The lowest BCUT2D eigenvalue weighted by Gasteiger charge is -2.37. The number of hydrogen-bond acceptors (Lipinski definition) is 4. The molecule has 2 saturated carbocycles. The maximum atomic E-state index is 13.0. The summed E-state index contributed by atoms with van der Waals surface area (Å²) in [5.74, 6) is 0.892. The molecule has 33 heavy (non-hydrogen) atoms. The molecule has 0 aliphatic heterocycles. The van der Waals surface area contributed by atoms with Gasteiger partial charge in [0.25, 0.3) is 5.91 Å². The van der Waals surface area contributed by atoms with Crippen molar-refractivity contribution in [2.24, 2.45) is 17.3 Å². The second-order valence-electron chi connectivity index (χ2n) is 11.1. The smallest absolute Gasteiger partial charge is 0.291 e. The Morgan fingerprint density at radius 3 is 2.67 bits per heavy atom. The maximum Gasteiger partial charge on any atom is 0.291 e. The number of nitriles is 1. The van der Waals surface area contributed by atoms with Gasteiger partial charge >= 0.3 is 0 Å². The molecule has 0 spiro atoms. The predicted octanol–water partition coefficient (Wildman–Crippen LogP) is 5.52. The zero-order valence-electron chi connectivity index (χ0n) is 19.4. The zero-order chi connectivity index (χ0) is 23.2. The van der Waals surface area contributed by atoms with Crippen molar-refractivity contribution in [3.05, 3.63) is 53.1 Å². The minimum absolute atomic E-state index is 0.107. The number of amides is 1. The van der Waals surface area contributed by atoms with E-state index in [0.717, 1.165) is 43.2 Å². The van der Waals surface area contributed by atoms with Crippen LogP contribution in [0.15, 0.2) is 30.5 Å². The number of carbonyl (C=O) groups excluding carboxylic acids is 1. The number of allylic oxidation sites excluding steroid dienone is 2. The molecule has 3 aliphatic rings. The molecule has 3 N–H and O–H groups in total. The van der Waals surface area contributed by atoms with E-state index in [0.29, 0.717) is 17.5 Å². The van der Waals surface area contributed by atoms with Crippen LogP contribution in [0.25, 0.3) is 5.57 Å². The number of aliphatic hydroxyl groups is 1. The van der Waals surface area contributed by atoms with Crippen molar-refractivity contribution in [3.63, 3.8) is 0 Å². The van der Waals surface area contributed by atoms with Gasteiger partial charge in [0.1, 0.15) is 11.8 Å². The second-order valence-corrected chi connectivity index (χ2v) is 11.1. The highest BCUT2D eigenvalue weighted by Crippen LogP contribution is 2.51. The highest BCUT2D eigenvalue weighted by Gasteiger charge is 2.44. The Morgan fingerprint density at radius 2 is 2.03 bits per heavy atom. The molecular formula is C27H32N4O2. The highest BCUT2D eigenvalue weighted by molar-refractivity contribution is 6.03. The Balaban J connectivity index is 1.50. The van der Waals surface area contributed by atoms with E-state index in [1.54, 1.807) is 0 Å². The van der Waals surface area contributed by atoms with Gasteiger partial charge in [0.15, 0.2) is 5.82 Å². The average Bonchev–Trinajstić information content (AvgIpc) is 3.40. The molecule has 2 aromatic rings. The van der Waals surface area contributed by atoms with Crippen molar-refractivity contribution >= 4 is 17.2 Å². The van der Waals surface area contributed by atoms with Crippen molar-refractivity contribution in [1.82, 2.24) is 9.97 Å². The molecule has 1 amide bonds. The highest BCUT2D eigenvalue weighted by atomic mass is 16.3. The van der Waals surface area contributed by atoms with E-state index in [4.69, 9.17) is 5.26 Å². The summed E-state index contributed by atoms with van der Waals surface area (Å²) in [5, 5.41) is 23.7. The first-order valence-electron chi connectivity index (χ1n) is 12.1. The molecular weight excluding hydrogens is 412 g/mol. The number of imidazole rings is 1. The van der Waals surface area contributed by atoms with E-state index in [1.807, 2.05) is 12.1 Å². The van der Waals surface area contributed by atoms with Crippen molar-refractivity contribution in [2.75, 3.05) is 5.32 Å². The number of benzene rings is 1. The van der Waals surface area contributed by atoms with Crippen LogP contribution in [0.1, 0.15) is 92.7 Å². The van der Waals surface area contributed by atoms with Crippen LogP contribution in [0.5, 0.6) is 0 Å². The SMILES string of the molecule is CC1(C)CC=C(c2ccc(C3(O)CC4CCC(C4)C3)cc2NC(=O)c2ncc(C#N)[nH]2)CC1. The fraction of sp³-hybridized carbons (Fsp3) is 0.519. The molecule has 0 saturated heterocycles. The lowest BCUT2D eigenvalue weighted by Crippen LogP contribution is -2.33. The van der Waals surface area contributed by atoms with Gasteiger partial charge in [-0.1, -0.05) is 44.9 Å². The van der Waals surface area contributed by atoms with Gasteiger partial charge < -0.3 is 15.4 Å². The molecule has 2 fully saturated rings. The van der Waals surface area contributed by atoms with Crippen molar-refractivity contribution < 1.29 is 9.90 Å². The minimum Gasteiger partial charge on any atom is -0.385 e. The minimum atomic E-state index is -0.844. The maximum absolute atomic E-state index is 13.0. The monoisotopic (exact) mass is 444 g/mol. The van der Waals surface area contributed by atoms with Crippen LogP contribution in [-0.2, 0) is 5.60 Å². The Kier molecular flexibility index (Phi) is 5.41. The summed E-state index contributed by atoms with van der Waals surface area (Å²) in [5.41, 5.74) is 3.49. The zero-order valence-corrected chi connectivity index (χ0v) is 19.4. The van der Waals surface area contributed by atoms with E-state index in [-0.39, 0.29) is 22.8 Å². The van der Waals surface area contributed by atoms with E-state index in [1.165, 1.54) is 31.0 Å². The molecule has 5 rings (SSSR count). The number of fused-ring (bicyclic) bond motifs is 2. The van der Waals surface area contributed by atoms with Crippen LogP contribution >= 0.6 is 0 Å². The quantitative estimate of drug-likeness (QED) is 0.577. The predicted molar refractivity (Wildman–Crippen MR) is 127 cm³/mol. The van der Waals surface area contributed by atoms with Crippen molar-refractivity contribution in [3.8, 4) is 6.07 Å². The number of anilines is 1. The second kappa shape index (κ2) is 8.14. The van der Waals surface area contributed by atoms with Crippen LogP contribution in [0.3, 0.4) is 0 Å². The molecule has 1 aromatic heterocycles. The van der Waals surface area contributed by atoms with E-state index >= 15 is 0 Å². The van der Waals surface area contributed by atoms with Crippen LogP contribution < -0.4 is 5.32 Å². The number of carbonyl (C=O) groups is 1. The molecule has 0 radical (unpaired) electrons. The molecule has 1 aromatic carbocycles. The Labute approximate surface area is 195 Å². The number of nitrogens with zero attached hydrogens (tertiary/aromatic N) is 2. The van der Waals surface area contributed by atoms with Crippen LogP contribution in [0.2, 0.25) is 0 Å². The molecule has 3 aliphatic carbocycles. The summed E-state index contributed by atoms with van der Waals surface area (Å²) in [6, 6.07) is 8.05. The summed E-state index contributed by atoms with van der Waals surface area (Å²) in [6.45, 7) is 4.56. The van der Waals surface area contributed by atoms with E-state index < -0.39 is 5.60 Å². The number of H-pyrrole nitrogens is 1. The summed E-state index contributed by atoms with van der Waals surface area (Å²) in [6.07, 6.45) is 11.9. The Morgan fingerprint density at radius 1 is 1.27 bits per heavy atom. The van der Waals surface area contributed by atoms with Gasteiger partial charge in [-0.3, -0.25) is 4.79 Å². The Hall–Kier alpha value is -2.91. The van der Waals surface area contributed by atoms with Crippen LogP contribution in [0, 0.1) is 28.6 Å². The lowest BCUT2D eigenvalue weighted by atomic mass is 9.73. The fourth-order valence-corrected chi connectivity index (χ4v) is 6.04. The summed E-state index contributed by atoms with van der Waals surface area (Å²) in [4.78, 5) is 19.8. The van der Waals surface area contributed by atoms with Gasteiger partial charge in [-0.05, 0) is 73.0 Å². The first kappa shape index (κ1) is 21.9. The van der Waals surface area contributed by atoms with Gasteiger partial charge in [0.05, 0.1) is 11.8 Å². The van der Waals surface area contributed by atoms with Crippen molar-refractivity contribution in [1.29, 1.82) is 5.26 Å². The first-order chi connectivity index (χ1) is 15.7. The van der Waals surface area contributed by atoms with E-state index in [2.05, 4.69) is 47.3 Å². The third kappa shape index (κ3) is 4.35. The van der Waals surface area contributed by atoms with Crippen molar-refractivity contribution in [2.45, 2.75) is 70.8 Å². The van der Waals surface area contributed by atoms with Gasteiger partial charge in [-0.2, -0.15) is 5.26 Å². The number of aromatic amines is 1. The third-order valence-electron chi connectivity index (χ3n) is 7.94. The number of rotatable bonds is 4. The van der Waals surface area contributed by atoms with E-state index in [9.17, 15) is 9.90 Å². The first-order valence-corrected chi connectivity index (χ1v) is 12.1. The molecule has 6 nitrogen and oxygen atoms in total. The molecule has 2 bridgehead atoms. The van der Waals surface area contributed by atoms with Gasteiger partial charge in [0.2, 0.25) is 0 Å². The standard InChI is InChI=1S/C27H32N4O2/c1-26(2)9-7-19(8-10-26)22-6-5-20(27(33)13-17-3-4-18(11-17)14-27)12-23(22)31-25(32)24-29-16-21(15-28)30-24/h5-7,12,16-18,33H,3-4,8-11,13-14H2,1-2H3,(H,29,30)(H,31,32). The average molecular weight is 445 g/mol. The molecule has 172 valence electrons. The number of nitrogens with one attached hydrogen (secondary N) is 2. The van der Waals surface area contributed by atoms with Gasteiger partial charge in [-0.15, -0.1) is 0 Å². The topological polar surface area (TPSA) is 102 Å². The van der Waals surface area contributed by atoms with Crippen LogP contribution in [0.4, 0.5) is 5.69 Å². The van der Waals surface area contributed by atoms with Gasteiger partial charge in [0, 0.05) is 11.3 Å². The van der Waals surface area contributed by atoms with Gasteiger partial charge in [-0.25, -0.2) is 4.98 Å². The molecule has 2 unspecified atom stereocenters. The molecule has 1 heterocycles. The fourth-order valence-electron chi connectivity index (χ4n) is 6.04. The normalized spacial score (nSPS) is 28.1. The summed E-state index contributed by atoms with van der Waals surface area (Å²) in [7, 11) is 0. The molecule has 6 heteroatoms. The van der Waals surface area contributed by atoms with Crippen LogP contribution in [-0.4, -0.2) is 21.0 Å². The summed E-state index contributed by atoms with van der Waals surface area (Å²) >= 11 is 0. The Bertz CT molecular complexity index is 1140. The number of hydrogen-bond donors (Lipinski definition) is 3. The number of aromatic nitrogens is 2. The summed E-state index contributed by atoms with van der Waals surface area (Å²) < 4.78 is 0. The largest absolute Gasteiger partial charge is 0.385 e. The lowest BCUT2D eigenvalue weighted by molar-refractivity contribution is -0.0255. The molecule has 2 atom stereocenters. The third-order valence-corrected chi connectivity index (χ3v) is 7.94.